The van der Waals surface area contributed by atoms with Gasteiger partial charge in [-0.25, -0.2) is 5.43 Å². The number of aryl methyl sites for hydroxylation is 1. The number of nitro benzene ring substituents is 1. The van der Waals surface area contributed by atoms with Crippen LogP contribution in [0.2, 0.25) is 0 Å². The van der Waals surface area contributed by atoms with E-state index < -0.39 is 4.92 Å². The fraction of sp³-hybridized carbons (Fsp3) is 0.375. The summed E-state index contributed by atoms with van der Waals surface area (Å²) in [5.74, 6) is 1.09. The quantitative estimate of drug-likeness (QED) is 0.164. The molecule has 0 bridgehead atoms. The highest BCUT2D eigenvalue weighted by Gasteiger charge is 2.26. The minimum atomic E-state index is -0.447. The van der Waals surface area contributed by atoms with Crippen LogP contribution in [0.4, 0.5) is 5.69 Å². The van der Waals surface area contributed by atoms with Gasteiger partial charge >= 0.3 is 0 Å². The number of methoxy groups -OCH3 is 1. The molecule has 41 heavy (non-hydrogen) atoms. The van der Waals surface area contributed by atoms with E-state index in [0.29, 0.717) is 29.2 Å². The first-order chi connectivity index (χ1) is 19.2. The van der Waals surface area contributed by atoms with Gasteiger partial charge in [0, 0.05) is 18.6 Å². The van der Waals surface area contributed by atoms with Crippen LogP contribution >= 0.6 is 0 Å². The molecule has 218 valence electrons. The summed E-state index contributed by atoms with van der Waals surface area (Å²) < 4.78 is 11.3. The fourth-order valence-electron chi connectivity index (χ4n) is 4.23. The lowest BCUT2D eigenvalue weighted by molar-refractivity contribution is -0.384. The number of non-ortho nitro benzene ring substituents is 1. The minimum absolute atomic E-state index is 0.0201. The monoisotopic (exact) mass is 561 g/mol. The molecule has 3 aromatic carbocycles. The van der Waals surface area contributed by atoms with Gasteiger partial charge in [-0.05, 0) is 75.4 Å². The number of hydrogen-bond acceptors (Lipinski definition) is 7. The molecule has 0 fully saturated rings. The average Bonchev–Trinajstić information content (AvgIpc) is 2.90. The molecule has 1 amide bonds. The first kappa shape index (κ1) is 31.1. The molecule has 0 atom stereocenters. The molecule has 0 radical (unpaired) electrons. The molecule has 9 nitrogen and oxygen atoms in total. The van der Waals surface area contributed by atoms with E-state index in [9.17, 15) is 20.0 Å². The zero-order valence-electron chi connectivity index (χ0n) is 24.8. The summed E-state index contributed by atoms with van der Waals surface area (Å²) in [5, 5.41) is 25.8. The number of benzene rings is 3. The van der Waals surface area contributed by atoms with Crippen molar-refractivity contribution in [2.24, 2.45) is 5.10 Å². The predicted molar refractivity (Wildman–Crippen MR) is 160 cm³/mol. The van der Waals surface area contributed by atoms with E-state index in [-0.39, 0.29) is 35.5 Å². The number of nitrogens with one attached hydrogen (secondary N) is 1. The van der Waals surface area contributed by atoms with E-state index in [0.717, 1.165) is 22.3 Å². The Labute approximate surface area is 241 Å². The third-order valence-electron chi connectivity index (χ3n) is 6.56. The molecule has 0 aliphatic carbocycles. The topological polar surface area (TPSA) is 123 Å². The van der Waals surface area contributed by atoms with E-state index in [1.165, 1.54) is 25.5 Å². The summed E-state index contributed by atoms with van der Waals surface area (Å²) in [7, 11) is 1.52. The van der Waals surface area contributed by atoms with Crippen LogP contribution in [0.15, 0.2) is 59.7 Å². The van der Waals surface area contributed by atoms with Crippen molar-refractivity contribution < 1.29 is 24.3 Å². The van der Waals surface area contributed by atoms with Gasteiger partial charge in [-0.1, -0.05) is 53.7 Å². The van der Waals surface area contributed by atoms with Crippen molar-refractivity contribution >= 4 is 17.8 Å². The second kappa shape index (κ2) is 12.8. The fourth-order valence-corrected chi connectivity index (χ4v) is 4.23. The largest absolute Gasteiger partial charge is 0.507 e. The van der Waals surface area contributed by atoms with Gasteiger partial charge in [0.2, 0.25) is 5.91 Å². The Morgan fingerprint density at radius 1 is 0.951 bits per heavy atom. The summed E-state index contributed by atoms with van der Waals surface area (Å²) in [5.41, 5.74) is 6.33. The number of phenols is 1. The molecule has 0 aliphatic rings. The second-order valence-electron chi connectivity index (χ2n) is 12.0. The molecule has 3 aromatic rings. The van der Waals surface area contributed by atoms with Crippen LogP contribution in [0, 0.1) is 10.1 Å². The van der Waals surface area contributed by atoms with Crippen molar-refractivity contribution in [3.05, 3.63) is 92.5 Å². The third kappa shape index (κ3) is 8.54. The van der Waals surface area contributed by atoms with Gasteiger partial charge in [0.05, 0.1) is 18.2 Å². The highest BCUT2D eigenvalue weighted by Crippen LogP contribution is 2.40. The van der Waals surface area contributed by atoms with Crippen LogP contribution in [-0.4, -0.2) is 29.3 Å². The van der Waals surface area contributed by atoms with Crippen LogP contribution in [0.1, 0.15) is 75.8 Å². The Morgan fingerprint density at radius 2 is 1.56 bits per heavy atom. The molecule has 0 unspecified atom stereocenters. The Bertz CT molecular complexity index is 1380. The zero-order chi connectivity index (χ0) is 30.4. The number of hydrogen-bond donors (Lipinski definition) is 2. The van der Waals surface area contributed by atoms with E-state index in [1.54, 1.807) is 30.3 Å². The third-order valence-corrected chi connectivity index (χ3v) is 6.56. The summed E-state index contributed by atoms with van der Waals surface area (Å²) in [6.45, 7) is 12.6. The maximum atomic E-state index is 12.5. The van der Waals surface area contributed by atoms with Crippen molar-refractivity contribution in [2.75, 3.05) is 7.11 Å². The van der Waals surface area contributed by atoms with Crippen LogP contribution in [0.25, 0.3) is 0 Å². The lowest BCUT2D eigenvalue weighted by atomic mass is 9.78. The Hall–Kier alpha value is -4.40. The van der Waals surface area contributed by atoms with Gasteiger partial charge in [-0.15, -0.1) is 0 Å². The number of hydrazone groups is 1. The van der Waals surface area contributed by atoms with Gasteiger partial charge in [-0.2, -0.15) is 5.10 Å². The van der Waals surface area contributed by atoms with Gasteiger partial charge in [0.15, 0.2) is 11.5 Å². The summed E-state index contributed by atoms with van der Waals surface area (Å²) >= 11 is 0. The number of carbonyl (C=O) groups excluding carboxylic acids is 1. The van der Waals surface area contributed by atoms with Crippen LogP contribution < -0.4 is 14.9 Å². The van der Waals surface area contributed by atoms with Crippen molar-refractivity contribution in [2.45, 2.75) is 71.8 Å². The molecule has 9 heteroatoms. The van der Waals surface area contributed by atoms with E-state index in [1.807, 2.05) is 12.1 Å². The lowest BCUT2D eigenvalue weighted by Crippen LogP contribution is -2.20. The normalized spacial score (nSPS) is 11.9. The van der Waals surface area contributed by atoms with Gasteiger partial charge in [0.25, 0.3) is 5.69 Å². The molecule has 0 aliphatic heterocycles. The van der Waals surface area contributed by atoms with Crippen LogP contribution in [-0.2, 0) is 28.7 Å². The van der Waals surface area contributed by atoms with Gasteiger partial charge in [-0.3, -0.25) is 14.9 Å². The second-order valence-corrected chi connectivity index (χ2v) is 12.0. The van der Waals surface area contributed by atoms with Crippen molar-refractivity contribution in [3.63, 3.8) is 0 Å². The number of carbonyl (C=O) groups is 1. The number of rotatable bonds is 10. The molecule has 0 spiro atoms. The highest BCUT2D eigenvalue weighted by molar-refractivity contribution is 5.83. The van der Waals surface area contributed by atoms with E-state index >= 15 is 0 Å². The molecule has 2 N–H and O–H groups in total. The number of amides is 1. The number of nitrogens with zero attached hydrogens (tertiary/aromatic N) is 2. The van der Waals surface area contributed by atoms with Gasteiger partial charge < -0.3 is 14.6 Å². The maximum absolute atomic E-state index is 12.5. The van der Waals surface area contributed by atoms with Crippen molar-refractivity contribution in [1.82, 2.24) is 5.43 Å². The first-order valence-electron chi connectivity index (χ1n) is 13.4. The summed E-state index contributed by atoms with van der Waals surface area (Å²) in [6.07, 6.45) is 2.28. The summed E-state index contributed by atoms with van der Waals surface area (Å²) in [6, 6.07) is 15.4. The Morgan fingerprint density at radius 3 is 2.10 bits per heavy atom. The number of nitro groups is 1. The Balaban J connectivity index is 1.60. The minimum Gasteiger partial charge on any atom is -0.507 e. The molecular formula is C32H39N3O6. The molecule has 0 aromatic heterocycles. The van der Waals surface area contributed by atoms with E-state index in [4.69, 9.17) is 9.47 Å². The number of ether oxygens (including phenoxy) is 2. The standard InChI is InChI=1S/C32H39N3O6/c1-31(2,3)25-16-22(17-26(30(25)37)32(4,5)6)11-15-29(36)34-33-19-23-10-14-27(28(18-23)40-7)41-20-21-8-12-24(13-9-21)35(38)39/h8-10,12-14,16-19,37H,11,15,20H2,1-7H3,(H,34,36)/b33-19-. The molecular weight excluding hydrogens is 522 g/mol. The van der Waals surface area contributed by atoms with E-state index in [2.05, 4.69) is 52.1 Å². The molecule has 0 saturated carbocycles. The predicted octanol–water partition coefficient (Wildman–Crippen LogP) is 6.57. The maximum Gasteiger partial charge on any atom is 0.269 e. The number of aromatic hydroxyl groups is 1. The molecule has 0 heterocycles. The van der Waals surface area contributed by atoms with Crippen molar-refractivity contribution in [3.8, 4) is 17.2 Å². The zero-order valence-corrected chi connectivity index (χ0v) is 24.8. The highest BCUT2D eigenvalue weighted by atomic mass is 16.6. The van der Waals surface area contributed by atoms with Crippen LogP contribution in [0.3, 0.4) is 0 Å². The Kier molecular flexibility index (Phi) is 9.75. The summed E-state index contributed by atoms with van der Waals surface area (Å²) in [4.78, 5) is 22.9. The van der Waals surface area contributed by atoms with Crippen LogP contribution in [0.5, 0.6) is 17.2 Å². The SMILES string of the molecule is COc1cc(/C=N\NC(=O)CCc2cc(C(C)(C)C)c(O)c(C(C)(C)C)c2)ccc1OCc1ccc([N+](=O)[O-])cc1. The van der Waals surface area contributed by atoms with Gasteiger partial charge in [0.1, 0.15) is 12.4 Å². The number of phenolic OH excluding ortho intramolecular Hbond substituents is 1. The molecule has 0 saturated heterocycles. The smallest absolute Gasteiger partial charge is 0.269 e. The first-order valence-corrected chi connectivity index (χ1v) is 13.4. The lowest BCUT2D eigenvalue weighted by Gasteiger charge is -2.28. The molecule has 3 rings (SSSR count). The average molecular weight is 562 g/mol. The van der Waals surface area contributed by atoms with Crippen molar-refractivity contribution in [1.29, 1.82) is 0 Å².